The number of likely N-dealkylation sites (tertiary alicyclic amines) is 1. The van der Waals surface area contributed by atoms with Crippen molar-refractivity contribution in [1.82, 2.24) is 9.88 Å². The molecule has 19 heavy (non-hydrogen) atoms. The van der Waals surface area contributed by atoms with Crippen LogP contribution in [0, 0.1) is 0 Å². The van der Waals surface area contributed by atoms with Crippen LogP contribution in [-0.4, -0.2) is 36.1 Å². The van der Waals surface area contributed by atoms with Crippen molar-refractivity contribution in [3.8, 4) is 0 Å². The lowest BCUT2D eigenvalue weighted by Gasteiger charge is -2.15. The maximum absolute atomic E-state index is 6.14. The molecule has 0 unspecified atom stereocenters. The first-order chi connectivity index (χ1) is 9.34. The Morgan fingerprint density at radius 2 is 2.16 bits per heavy atom. The van der Waals surface area contributed by atoms with Crippen LogP contribution < -0.4 is 11.1 Å². The Bertz CT molecular complexity index is 545. The van der Waals surface area contributed by atoms with Gasteiger partial charge in [-0.3, -0.25) is 0 Å². The molecular weight excluding hydrogens is 256 g/mol. The van der Waals surface area contributed by atoms with Crippen LogP contribution in [0.5, 0.6) is 0 Å². The predicted octanol–water partition coefficient (Wildman–Crippen LogP) is 2.78. The van der Waals surface area contributed by atoms with Crippen molar-refractivity contribution >= 4 is 32.9 Å². The van der Waals surface area contributed by atoms with E-state index < -0.39 is 0 Å². The number of nitrogens with zero attached hydrogens (tertiary/aromatic N) is 2. The zero-order chi connectivity index (χ0) is 13.1. The molecule has 0 atom stereocenters. The van der Waals surface area contributed by atoms with Gasteiger partial charge in [-0.2, -0.15) is 0 Å². The quantitative estimate of drug-likeness (QED) is 0.651. The normalized spacial score (nSPS) is 16.2. The fraction of sp³-hybridized carbons (Fsp3) is 0.500. The van der Waals surface area contributed by atoms with Gasteiger partial charge in [0.1, 0.15) is 5.52 Å². The van der Waals surface area contributed by atoms with E-state index in [1.54, 1.807) is 11.3 Å². The van der Waals surface area contributed by atoms with Gasteiger partial charge in [-0.05, 0) is 51.0 Å². The van der Waals surface area contributed by atoms with Crippen LogP contribution in [0.1, 0.15) is 19.3 Å². The van der Waals surface area contributed by atoms with Crippen molar-refractivity contribution in [2.75, 3.05) is 37.2 Å². The molecule has 3 N–H and O–H groups in total. The summed E-state index contributed by atoms with van der Waals surface area (Å²) in [5.74, 6) is 0. The van der Waals surface area contributed by atoms with Gasteiger partial charge in [0.25, 0.3) is 0 Å². The summed E-state index contributed by atoms with van der Waals surface area (Å²) >= 11 is 1.63. The van der Waals surface area contributed by atoms with E-state index in [9.17, 15) is 0 Å². The Balaban J connectivity index is 1.54. The highest BCUT2D eigenvalue weighted by atomic mass is 32.1. The molecule has 0 spiro atoms. The molecule has 1 aliphatic heterocycles. The second kappa shape index (κ2) is 5.75. The smallest absolute Gasteiger partial charge is 0.106 e. The first-order valence-corrected chi connectivity index (χ1v) is 7.80. The van der Waals surface area contributed by atoms with Crippen molar-refractivity contribution in [3.63, 3.8) is 0 Å². The molecule has 102 valence electrons. The number of rotatable bonds is 5. The highest BCUT2D eigenvalue weighted by Gasteiger charge is 2.10. The van der Waals surface area contributed by atoms with E-state index in [2.05, 4.69) is 27.3 Å². The molecular formula is C14H20N4S. The van der Waals surface area contributed by atoms with E-state index in [0.29, 0.717) is 0 Å². The number of anilines is 2. The molecule has 1 aromatic carbocycles. The number of nitrogens with two attached hydrogens (primary N) is 1. The van der Waals surface area contributed by atoms with Crippen molar-refractivity contribution in [2.24, 2.45) is 0 Å². The average Bonchev–Trinajstić information content (AvgIpc) is 3.08. The van der Waals surface area contributed by atoms with Gasteiger partial charge < -0.3 is 16.0 Å². The minimum Gasteiger partial charge on any atom is -0.395 e. The SMILES string of the molecule is Nc1c(NCCCN2CCCC2)ccc2scnc12. The third kappa shape index (κ3) is 2.82. The maximum atomic E-state index is 6.14. The molecule has 3 rings (SSSR count). The fourth-order valence-electron chi connectivity index (χ4n) is 2.64. The van der Waals surface area contributed by atoms with Crippen LogP contribution in [0.25, 0.3) is 10.2 Å². The summed E-state index contributed by atoms with van der Waals surface area (Å²) in [7, 11) is 0. The highest BCUT2D eigenvalue weighted by Crippen LogP contribution is 2.29. The van der Waals surface area contributed by atoms with Crippen LogP contribution in [0.3, 0.4) is 0 Å². The number of benzene rings is 1. The zero-order valence-electron chi connectivity index (χ0n) is 11.1. The number of thiazole rings is 1. The van der Waals surface area contributed by atoms with E-state index in [1.807, 2.05) is 5.51 Å². The van der Waals surface area contributed by atoms with Crippen LogP contribution >= 0.6 is 11.3 Å². The molecule has 0 aliphatic carbocycles. The molecule has 1 aromatic heterocycles. The van der Waals surface area contributed by atoms with Gasteiger partial charge in [0.2, 0.25) is 0 Å². The Morgan fingerprint density at radius 3 is 3.00 bits per heavy atom. The lowest BCUT2D eigenvalue weighted by Crippen LogP contribution is -2.22. The van der Waals surface area contributed by atoms with Gasteiger partial charge in [0, 0.05) is 6.54 Å². The Hall–Kier alpha value is -1.33. The van der Waals surface area contributed by atoms with Gasteiger partial charge in [-0.1, -0.05) is 0 Å². The van der Waals surface area contributed by atoms with E-state index in [4.69, 9.17) is 5.73 Å². The molecule has 4 nitrogen and oxygen atoms in total. The van der Waals surface area contributed by atoms with Crippen LogP contribution in [0.2, 0.25) is 0 Å². The van der Waals surface area contributed by atoms with Gasteiger partial charge in [0.05, 0.1) is 21.6 Å². The van der Waals surface area contributed by atoms with Crippen molar-refractivity contribution in [3.05, 3.63) is 17.6 Å². The average molecular weight is 276 g/mol. The number of nitrogen functional groups attached to an aromatic ring is 1. The third-order valence-corrected chi connectivity index (χ3v) is 4.50. The molecule has 1 aliphatic rings. The third-order valence-electron chi connectivity index (χ3n) is 3.71. The lowest BCUT2D eigenvalue weighted by atomic mass is 10.2. The van der Waals surface area contributed by atoms with E-state index in [1.165, 1.54) is 32.5 Å². The summed E-state index contributed by atoms with van der Waals surface area (Å²) in [4.78, 5) is 6.85. The minimum absolute atomic E-state index is 0.778. The summed E-state index contributed by atoms with van der Waals surface area (Å²) in [6.45, 7) is 4.70. The largest absolute Gasteiger partial charge is 0.395 e. The predicted molar refractivity (Wildman–Crippen MR) is 82.8 cm³/mol. The van der Waals surface area contributed by atoms with Gasteiger partial charge in [-0.15, -0.1) is 11.3 Å². The second-order valence-electron chi connectivity index (χ2n) is 5.05. The van der Waals surface area contributed by atoms with Gasteiger partial charge >= 0.3 is 0 Å². The standard InChI is InChI=1S/C14H20N4S/c15-13-11(4-5-12-14(13)17-10-19-12)16-6-3-9-18-7-1-2-8-18/h4-5,10,16H,1-3,6-9,15H2. The van der Waals surface area contributed by atoms with Crippen LogP contribution in [-0.2, 0) is 0 Å². The number of fused-ring (bicyclic) bond motifs is 1. The number of hydrogen-bond donors (Lipinski definition) is 2. The molecule has 1 saturated heterocycles. The Kier molecular flexibility index (Phi) is 3.84. The first kappa shape index (κ1) is 12.7. The summed E-state index contributed by atoms with van der Waals surface area (Å²) in [5, 5.41) is 3.43. The van der Waals surface area contributed by atoms with Crippen molar-refractivity contribution < 1.29 is 0 Å². The van der Waals surface area contributed by atoms with Crippen molar-refractivity contribution in [1.29, 1.82) is 0 Å². The molecule has 0 radical (unpaired) electrons. The van der Waals surface area contributed by atoms with E-state index >= 15 is 0 Å². The molecule has 2 heterocycles. The van der Waals surface area contributed by atoms with E-state index in [0.717, 1.165) is 34.6 Å². The molecule has 2 aromatic rings. The summed E-state index contributed by atoms with van der Waals surface area (Å²) < 4.78 is 1.15. The van der Waals surface area contributed by atoms with Crippen LogP contribution in [0.4, 0.5) is 11.4 Å². The number of hydrogen-bond acceptors (Lipinski definition) is 5. The zero-order valence-corrected chi connectivity index (χ0v) is 11.9. The van der Waals surface area contributed by atoms with Gasteiger partial charge in [-0.25, -0.2) is 4.98 Å². The Morgan fingerprint density at radius 1 is 1.32 bits per heavy atom. The molecule has 1 fully saturated rings. The molecule has 0 bridgehead atoms. The number of aromatic nitrogens is 1. The van der Waals surface area contributed by atoms with Crippen LogP contribution in [0.15, 0.2) is 17.6 Å². The lowest BCUT2D eigenvalue weighted by molar-refractivity contribution is 0.337. The molecule has 0 saturated carbocycles. The molecule has 5 heteroatoms. The minimum atomic E-state index is 0.778. The highest BCUT2D eigenvalue weighted by molar-refractivity contribution is 7.16. The number of nitrogens with one attached hydrogen (secondary N) is 1. The second-order valence-corrected chi connectivity index (χ2v) is 5.94. The fourth-order valence-corrected chi connectivity index (χ4v) is 3.33. The topological polar surface area (TPSA) is 54.2 Å². The monoisotopic (exact) mass is 276 g/mol. The first-order valence-electron chi connectivity index (χ1n) is 6.92. The molecule has 0 amide bonds. The maximum Gasteiger partial charge on any atom is 0.106 e. The van der Waals surface area contributed by atoms with E-state index in [-0.39, 0.29) is 0 Å². The summed E-state index contributed by atoms with van der Waals surface area (Å²) in [6.07, 6.45) is 3.89. The summed E-state index contributed by atoms with van der Waals surface area (Å²) in [5.41, 5.74) is 10.7. The van der Waals surface area contributed by atoms with Gasteiger partial charge in [0.15, 0.2) is 0 Å². The van der Waals surface area contributed by atoms with Crippen molar-refractivity contribution in [2.45, 2.75) is 19.3 Å². The Labute approximate surface area is 117 Å². The summed E-state index contributed by atoms with van der Waals surface area (Å²) in [6, 6.07) is 4.15.